The molecule has 3 rings (SSSR count). The minimum absolute atomic E-state index is 0.0362. The quantitative estimate of drug-likeness (QED) is 0.862. The molecule has 0 saturated carbocycles. The van der Waals surface area contributed by atoms with Gasteiger partial charge in [-0.2, -0.15) is 0 Å². The maximum absolute atomic E-state index is 12.4. The minimum Gasteiger partial charge on any atom is -0.384 e. The summed E-state index contributed by atoms with van der Waals surface area (Å²) in [6.45, 7) is 4.70. The average molecular weight is 310 g/mol. The van der Waals surface area contributed by atoms with Crippen molar-refractivity contribution in [3.8, 4) is 0 Å². The van der Waals surface area contributed by atoms with Gasteiger partial charge in [0.15, 0.2) is 0 Å². The predicted molar refractivity (Wildman–Crippen MR) is 91.6 cm³/mol. The standard InChI is InChI=1S/C19H22N2O2/c1-2-23-13-17-6-4-3-5-16(17)12-21-19(22)15-7-8-18-14(11-15)9-10-20-18/h3-8,11,20H,2,9-10,12-13H2,1H3,(H,21,22). The van der Waals surface area contributed by atoms with Crippen molar-refractivity contribution < 1.29 is 9.53 Å². The normalized spacial score (nSPS) is 12.6. The Bertz CT molecular complexity index is 698. The molecule has 4 nitrogen and oxygen atoms in total. The van der Waals surface area contributed by atoms with Gasteiger partial charge in [0.2, 0.25) is 0 Å². The highest BCUT2D eigenvalue weighted by molar-refractivity contribution is 5.95. The second-order valence-electron chi connectivity index (χ2n) is 5.64. The number of amides is 1. The molecule has 1 heterocycles. The molecular weight excluding hydrogens is 288 g/mol. The molecule has 23 heavy (non-hydrogen) atoms. The third kappa shape index (κ3) is 3.71. The Balaban J connectivity index is 1.65. The summed E-state index contributed by atoms with van der Waals surface area (Å²) in [7, 11) is 0. The summed E-state index contributed by atoms with van der Waals surface area (Å²) in [6.07, 6.45) is 0.980. The van der Waals surface area contributed by atoms with Gasteiger partial charge >= 0.3 is 0 Å². The van der Waals surface area contributed by atoms with E-state index in [1.54, 1.807) is 0 Å². The van der Waals surface area contributed by atoms with Crippen molar-refractivity contribution >= 4 is 11.6 Å². The highest BCUT2D eigenvalue weighted by Gasteiger charge is 2.13. The Hall–Kier alpha value is -2.33. The lowest BCUT2D eigenvalue weighted by molar-refractivity contribution is 0.0949. The van der Waals surface area contributed by atoms with Crippen molar-refractivity contribution in [2.45, 2.75) is 26.5 Å². The summed E-state index contributed by atoms with van der Waals surface area (Å²) >= 11 is 0. The van der Waals surface area contributed by atoms with Crippen molar-refractivity contribution in [2.24, 2.45) is 0 Å². The Morgan fingerprint density at radius 1 is 1.22 bits per heavy atom. The number of anilines is 1. The molecule has 0 saturated heterocycles. The van der Waals surface area contributed by atoms with Crippen molar-refractivity contribution in [1.82, 2.24) is 5.32 Å². The van der Waals surface area contributed by atoms with Crippen LogP contribution in [0.3, 0.4) is 0 Å². The van der Waals surface area contributed by atoms with E-state index >= 15 is 0 Å². The minimum atomic E-state index is -0.0362. The molecule has 0 fully saturated rings. The van der Waals surface area contributed by atoms with Crippen molar-refractivity contribution in [1.29, 1.82) is 0 Å². The van der Waals surface area contributed by atoms with E-state index in [1.807, 2.05) is 49.4 Å². The highest BCUT2D eigenvalue weighted by atomic mass is 16.5. The van der Waals surface area contributed by atoms with Crippen molar-refractivity contribution in [2.75, 3.05) is 18.5 Å². The molecule has 1 amide bonds. The molecule has 2 aromatic carbocycles. The molecule has 1 aliphatic rings. The molecule has 0 radical (unpaired) electrons. The van der Waals surface area contributed by atoms with E-state index in [2.05, 4.69) is 10.6 Å². The number of rotatable bonds is 6. The SMILES string of the molecule is CCOCc1ccccc1CNC(=O)c1ccc2c(c1)CCN2. The van der Waals surface area contributed by atoms with Crippen LogP contribution in [0, 0.1) is 0 Å². The zero-order chi connectivity index (χ0) is 16.1. The molecule has 1 aliphatic heterocycles. The summed E-state index contributed by atoms with van der Waals surface area (Å²) < 4.78 is 5.48. The van der Waals surface area contributed by atoms with Gasteiger partial charge in [-0.15, -0.1) is 0 Å². The number of hydrogen-bond donors (Lipinski definition) is 2. The predicted octanol–water partition coefficient (Wildman–Crippen LogP) is 3.12. The van der Waals surface area contributed by atoms with Crippen molar-refractivity contribution in [3.63, 3.8) is 0 Å². The summed E-state index contributed by atoms with van der Waals surface area (Å²) in [5, 5.41) is 6.31. The monoisotopic (exact) mass is 310 g/mol. The zero-order valence-corrected chi connectivity index (χ0v) is 13.4. The van der Waals surface area contributed by atoms with Crippen LogP contribution in [-0.2, 0) is 24.3 Å². The Morgan fingerprint density at radius 2 is 2.04 bits per heavy atom. The first-order chi connectivity index (χ1) is 11.3. The highest BCUT2D eigenvalue weighted by Crippen LogP contribution is 2.23. The largest absolute Gasteiger partial charge is 0.384 e. The first-order valence-electron chi connectivity index (χ1n) is 8.07. The number of ether oxygens (including phenoxy) is 1. The Kier molecular flexibility index (Phi) is 4.93. The fourth-order valence-corrected chi connectivity index (χ4v) is 2.81. The number of carbonyl (C=O) groups is 1. The van der Waals surface area contributed by atoms with Crippen LogP contribution < -0.4 is 10.6 Å². The molecule has 2 N–H and O–H groups in total. The van der Waals surface area contributed by atoms with Gasteiger partial charge in [-0.25, -0.2) is 0 Å². The third-order valence-electron chi connectivity index (χ3n) is 4.10. The Morgan fingerprint density at radius 3 is 2.87 bits per heavy atom. The maximum atomic E-state index is 12.4. The van der Waals surface area contributed by atoms with Crippen molar-refractivity contribution in [3.05, 3.63) is 64.7 Å². The third-order valence-corrected chi connectivity index (χ3v) is 4.10. The zero-order valence-electron chi connectivity index (χ0n) is 13.4. The fraction of sp³-hybridized carbons (Fsp3) is 0.316. The number of fused-ring (bicyclic) bond motifs is 1. The number of benzene rings is 2. The molecule has 0 aromatic heterocycles. The molecule has 0 unspecified atom stereocenters. The second-order valence-corrected chi connectivity index (χ2v) is 5.64. The topological polar surface area (TPSA) is 50.4 Å². The van der Waals surface area contributed by atoms with Crippen LogP contribution in [-0.4, -0.2) is 19.1 Å². The van der Waals surface area contributed by atoms with Crippen LogP contribution in [0.5, 0.6) is 0 Å². The van der Waals surface area contributed by atoms with Gasteiger partial charge in [0, 0.05) is 30.9 Å². The van der Waals surface area contributed by atoms with Gasteiger partial charge in [-0.1, -0.05) is 24.3 Å². The molecule has 0 aliphatic carbocycles. The van der Waals surface area contributed by atoms with E-state index in [9.17, 15) is 4.79 Å². The Labute approximate surface area is 136 Å². The number of hydrogen-bond acceptors (Lipinski definition) is 3. The lowest BCUT2D eigenvalue weighted by atomic mass is 10.1. The summed E-state index contributed by atoms with van der Waals surface area (Å²) in [5.74, 6) is -0.0362. The molecule has 0 atom stereocenters. The van der Waals surface area contributed by atoms with Crippen LogP contribution in [0.2, 0.25) is 0 Å². The maximum Gasteiger partial charge on any atom is 0.251 e. The van der Waals surface area contributed by atoms with Gasteiger partial charge in [0.1, 0.15) is 0 Å². The van der Waals surface area contributed by atoms with Crippen LogP contribution in [0.1, 0.15) is 34.0 Å². The van der Waals surface area contributed by atoms with E-state index in [0.717, 1.165) is 35.3 Å². The molecule has 0 bridgehead atoms. The van der Waals surface area contributed by atoms with Gasteiger partial charge < -0.3 is 15.4 Å². The molecule has 120 valence electrons. The van der Waals surface area contributed by atoms with E-state index in [1.165, 1.54) is 5.56 Å². The number of carbonyl (C=O) groups excluding carboxylic acids is 1. The summed E-state index contributed by atoms with van der Waals surface area (Å²) in [6, 6.07) is 13.9. The van der Waals surface area contributed by atoms with Gasteiger partial charge in [-0.3, -0.25) is 4.79 Å². The van der Waals surface area contributed by atoms with E-state index in [0.29, 0.717) is 19.8 Å². The molecule has 2 aromatic rings. The van der Waals surface area contributed by atoms with E-state index in [-0.39, 0.29) is 5.91 Å². The first-order valence-corrected chi connectivity index (χ1v) is 8.07. The summed E-state index contributed by atoms with van der Waals surface area (Å²) in [5.41, 5.74) is 5.29. The van der Waals surface area contributed by atoms with Crippen LogP contribution in [0.4, 0.5) is 5.69 Å². The molecule has 0 spiro atoms. The van der Waals surface area contributed by atoms with Gasteiger partial charge in [-0.05, 0) is 48.2 Å². The number of nitrogens with one attached hydrogen (secondary N) is 2. The molecular formula is C19H22N2O2. The smallest absolute Gasteiger partial charge is 0.251 e. The molecule has 4 heteroatoms. The lowest BCUT2D eigenvalue weighted by Gasteiger charge is -2.11. The van der Waals surface area contributed by atoms with Gasteiger partial charge in [0.25, 0.3) is 5.91 Å². The van der Waals surface area contributed by atoms with Crippen LogP contribution in [0.15, 0.2) is 42.5 Å². The average Bonchev–Trinajstić information content (AvgIpc) is 3.06. The second kappa shape index (κ2) is 7.29. The fourth-order valence-electron chi connectivity index (χ4n) is 2.81. The van der Waals surface area contributed by atoms with E-state index in [4.69, 9.17) is 4.74 Å². The van der Waals surface area contributed by atoms with Gasteiger partial charge in [0.05, 0.1) is 6.61 Å². The first kappa shape index (κ1) is 15.6. The summed E-state index contributed by atoms with van der Waals surface area (Å²) in [4.78, 5) is 12.4. The lowest BCUT2D eigenvalue weighted by Crippen LogP contribution is -2.23. The van der Waals surface area contributed by atoms with E-state index < -0.39 is 0 Å². The van der Waals surface area contributed by atoms with Crippen LogP contribution >= 0.6 is 0 Å². The van der Waals surface area contributed by atoms with Crippen LogP contribution in [0.25, 0.3) is 0 Å².